The Morgan fingerprint density at radius 1 is 1.39 bits per heavy atom. The number of anilines is 1. The molecule has 2 heterocycles. The molecule has 0 radical (unpaired) electrons. The van der Waals surface area contributed by atoms with Crippen LogP contribution in [0.4, 0.5) is 5.82 Å². The van der Waals surface area contributed by atoms with Gasteiger partial charge in [0.25, 0.3) is 0 Å². The van der Waals surface area contributed by atoms with E-state index in [1.54, 1.807) is 17.8 Å². The molecular formula is C12H12ClN3O2. The Kier molecular flexibility index (Phi) is 2.38. The molecular weight excluding hydrogens is 254 g/mol. The molecule has 5 nitrogen and oxygen atoms in total. The zero-order valence-corrected chi connectivity index (χ0v) is 10.8. The number of hydrogen-bond donors (Lipinski definition) is 1. The third kappa shape index (κ3) is 1.51. The first kappa shape index (κ1) is 11.2. The molecule has 0 aliphatic carbocycles. The van der Waals surface area contributed by atoms with Gasteiger partial charge < -0.3 is 15.2 Å². The quantitative estimate of drug-likeness (QED) is 0.860. The van der Waals surface area contributed by atoms with E-state index in [1.807, 2.05) is 13.0 Å². The molecule has 0 spiro atoms. The first-order chi connectivity index (χ1) is 8.58. The second kappa shape index (κ2) is 3.81. The predicted molar refractivity (Wildman–Crippen MR) is 68.9 cm³/mol. The molecule has 1 aromatic carbocycles. The number of aromatic nitrogens is 2. The molecule has 3 rings (SSSR count). The molecule has 94 valence electrons. The number of rotatable bonds is 1. The average Bonchev–Trinajstić information content (AvgIpc) is 2.92. The lowest BCUT2D eigenvalue weighted by atomic mass is 10.0. The summed E-state index contributed by atoms with van der Waals surface area (Å²) >= 11 is 6.27. The van der Waals surface area contributed by atoms with Crippen molar-refractivity contribution in [3.8, 4) is 22.8 Å². The lowest BCUT2D eigenvalue weighted by molar-refractivity contribution is 0.174. The Morgan fingerprint density at radius 3 is 2.83 bits per heavy atom. The van der Waals surface area contributed by atoms with E-state index in [-0.39, 0.29) is 6.79 Å². The molecule has 0 amide bonds. The average molecular weight is 266 g/mol. The van der Waals surface area contributed by atoms with Gasteiger partial charge in [-0.3, -0.25) is 4.68 Å². The summed E-state index contributed by atoms with van der Waals surface area (Å²) in [5, 5.41) is 4.90. The molecule has 18 heavy (non-hydrogen) atoms. The van der Waals surface area contributed by atoms with Gasteiger partial charge in [-0.2, -0.15) is 5.10 Å². The van der Waals surface area contributed by atoms with Gasteiger partial charge in [-0.05, 0) is 18.6 Å². The van der Waals surface area contributed by atoms with Crippen LogP contribution in [0.25, 0.3) is 11.3 Å². The summed E-state index contributed by atoms with van der Waals surface area (Å²) in [6.07, 6.45) is 0. The van der Waals surface area contributed by atoms with Crippen LogP contribution in [0.3, 0.4) is 0 Å². The van der Waals surface area contributed by atoms with Crippen LogP contribution in [-0.4, -0.2) is 16.6 Å². The van der Waals surface area contributed by atoms with E-state index in [4.69, 9.17) is 26.8 Å². The summed E-state index contributed by atoms with van der Waals surface area (Å²) in [7, 11) is 1.79. The molecule has 0 atom stereocenters. The monoisotopic (exact) mass is 265 g/mol. The van der Waals surface area contributed by atoms with Gasteiger partial charge >= 0.3 is 0 Å². The summed E-state index contributed by atoms with van der Waals surface area (Å²) in [6, 6.07) is 3.69. The number of nitrogens with zero attached hydrogens (tertiary/aromatic N) is 2. The molecule has 0 fully saturated rings. The molecule has 6 heteroatoms. The summed E-state index contributed by atoms with van der Waals surface area (Å²) in [4.78, 5) is 0. The largest absolute Gasteiger partial charge is 0.454 e. The number of fused-ring (bicyclic) bond motifs is 1. The van der Waals surface area contributed by atoms with Crippen molar-refractivity contribution >= 4 is 17.4 Å². The van der Waals surface area contributed by atoms with Crippen molar-refractivity contribution in [2.24, 2.45) is 7.05 Å². The number of hydrogen-bond acceptors (Lipinski definition) is 4. The van der Waals surface area contributed by atoms with Crippen LogP contribution in [0, 0.1) is 6.92 Å². The van der Waals surface area contributed by atoms with Crippen LogP contribution in [0.15, 0.2) is 12.1 Å². The van der Waals surface area contributed by atoms with Gasteiger partial charge in [0.05, 0.1) is 10.7 Å². The van der Waals surface area contributed by atoms with Crippen LogP contribution >= 0.6 is 11.6 Å². The Balaban J connectivity index is 2.21. The van der Waals surface area contributed by atoms with Crippen molar-refractivity contribution in [1.29, 1.82) is 0 Å². The Labute approximate surface area is 109 Å². The number of nitrogen functional groups attached to an aromatic ring is 1. The van der Waals surface area contributed by atoms with Crippen molar-refractivity contribution < 1.29 is 9.47 Å². The van der Waals surface area contributed by atoms with Crippen molar-refractivity contribution in [3.63, 3.8) is 0 Å². The van der Waals surface area contributed by atoms with E-state index in [2.05, 4.69) is 5.10 Å². The van der Waals surface area contributed by atoms with Crippen molar-refractivity contribution in [2.75, 3.05) is 12.5 Å². The predicted octanol–water partition coefficient (Wildman–Crippen LogP) is 2.36. The van der Waals surface area contributed by atoms with Crippen LogP contribution in [0.5, 0.6) is 11.5 Å². The minimum atomic E-state index is 0.197. The highest BCUT2D eigenvalue weighted by molar-refractivity contribution is 6.33. The van der Waals surface area contributed by atoms with Crippen molar-refractivity contribution in [2.45, 2.75) is 6.92 Å². The zero-order valence-electron chi connectivity index (χ0n) is 10.0. The van der Waals surface area contributed by atoms with Crippen LogP contribution in [0.2, 0.25) is 5.02 Å². The van der Waals surface area contributed by atoms with E-state index < -0.39 is 0 Å². The van der Waals surface area contributed by atoms with E-state index in [0.29, 0.717) is 22.3 Å². The molecule has 1 aromatic heterocycles. The maximum absolute atomic E-state index is 6.27. The van der Waals surface area contributed by atoms with E-state index in [0.717, 1.165) is 16.8 Å². The topological polar surface area (TPSA) is 62.3 Å². The summed E-state index contributed by atoms with van der Waals surface area (Å²) in [6.45, 7) is 2.12. The number of aryl methyl sites for hydroxylation is 1. The Morgan fingerprint density at radius 2 is 2.17 bits per heavy atom. The fraction of sp³-hybridized carbons (Fsp3) is 0.250. The maximum atomic E-state index is 6.27. The van der Waals surface area contributed by atoms with E-state index in [1.165, 1.54) is 0 Å². The highest BCUT2D eigenvalue weighted by atomic mass is 35.5. The molecule has 2 aromatic rings. The van der Waals surface area contributed by atoms with Crippen LogP contribution in [-0.2, 0) is 7.05 Å². The minimum absolute atomic E-state index is 0.197. The minimum Gasteiger partial charge on any atom is -0.454 e. The third-order valence-corrected chi connectivity index (χ3v) is 3.50. The first-order valence-corrected chi connectivity index (χ1v) is 5.84. The molecule has 1 aliphatic heterocycles. The molecule has 1 aliphatic rings. The number of nitrogens with two attached hydrogens (primary N) is 1. The molecule has 0 unspecified atom stereocenters. The van der Waals surface area contributed by atoms with Crippen LogP contribution in [0.1, 0.15) is 5.56 Å². The van der Waals surface area contributed by atoms with E-state index in [9.17, 15) is 0 Å². The van der Waals surface area contributed by atoms with Gasteiger partial charge in [-0.25, -0.2) is 0 Å². The zero-order chi connectivity index (χ0) is 12.9. The normalized spacial score (nSPS) is 13.1. The second-order valence-electron chi connectivity index (χ2n) is 4.17. The second-order valence-corrected chi connectivity index (χ2v) is 4.55. The Bertz CT molecular complexity index is 617. The van der Waals surface area contributed by atoms with E-state index >= 15 is 0 Å². The van der Waals surface area contributed by atoms with Crippen molar-refractivity contribution in [3.05, 3.63) is 22.7 Å². The Hall–Kier alpha value is -1.88. The van der Waals surface area contributed by atoms with Crippen molar-refractivity contribution in [1.82, 2.24) is 9.78 Å². The molecule has 2 N–H and O–H groups in total. The van der Waals surface area contributed by atoms with Gasteiger partial charge in [-0.1, -0.05) is 11.6 Å². The smallest absolute Gasteiger partial charge is 0.231 e. The lowest BCUT2D eigenvalue weighted by Crippen LogP contribution is -1.96. The highest BCUT2D eigenvalue weighted by Gasteiger charge is 2.23. The maximum Gasteiger partial charge on any atom is 0.231 e. The first-order valence-electron chi connectivity index (χ1n) is 5.46. The SMILES string of the molecule is Cc1c(-c2cc(N)n(C)n2)cc2c(c1Cl)OCO2. The van der Waals surface area contributed by atoms with Crippen LogP contribution < -0.4 is 15.2 Å². The van der Waals surface area contributed by atoms with Gasteiger partial charge in [0.2, 0.25) is 6.79 Å². The standard InChI is InChI=1S/C12H12ClN3O2/c1-6-7(8-4-10(14)16(2)15-8)3-9-12(11(6)13)18-5-17-9/h3-4H,5,14H2,1-2H3. The summed E-state index contributed by atoms with van der Waals surface area (Å²) < 4.78 is 12.3. The highest BCUT2D eigenvalue weighted by Crippen LogP contribution is 2.45. The third-order valence-electron chi connectivity index (χ3n) is 3.04. The lowest BCUT2D eigenvalue weighted by Gasteiger charge is -2.08. The van der Waals surface area contributed by atoms with Gasteiger partial charge in [0.15, 0.2) is 11.5 Å². The number of halogens is 1. The van der Waals surface area contributed by atoms with Gasteiger partial charge in [0.1, 0.15) is 5.82 Å². The molecule has 0 saturated carbocycles. The number of ether oxygens (including phenoxy) is 2. The summed E-state index contributed by atoms with van der Waals surface area (Å²) in [5.74, 6) is 1.84. The number of benzene rings is 1. The molecule has 0 bridgehead atoms. The summed E-state index contributed by atoms with van der Waals surface area (Å²) in [5.41, 5.74) is 8.36. The molecule has 0 saturated heterocycles. The van der Waals surface area contributed by atoms with Gasteiger partial charge in [-0.15, -0.1) is 0 Å². The fourth-order valence-electron chi connectivity index (χ4n) is 1.97. The van der Waals surface area contributed by atoms with Gasteiger partial charge in [0, 0.05) is 18.7 Å². The fourth-order valence-corrected chi connectivity index (χ4v) is 2.22.